The Labute approximate surface area is 196 Å². The Balaban J connectivity index is 1.93. The second-order valence-electron chi connectivity index (χ2n) is 7.36. The minimum atomic E-state index is -4.29. The zero-order chi connectivity index (χ0) is 24.5. The highest BCUT2D eigenvalue weighted by Crippen LogP contribution is 2.40. The van der Waals surface area contributed by atoms with Crippen molar-refractivity contribution < 1.29 is 18.4 Å². The zero-order valence-corrected chi connectivity index (χ0v) is 20.0. The zero-order valence-electron chi connectivity index (χ0n) is 18.5. The summed E-state index contributed by atoms with van der Waals surface area (Å²) in [6, 6.07) is 10.1. The monoisotopic (exact) mass is 493 g/mol. The lowest BCUT2D eigenvalue weighted by Gasteiger charge is -2.21. The molecule has 3 aromatic carbocycles. The molecule has 3 aromatic rings. The average Bonchev–Trinajstić information content (AvgIpc) is 2.81. The first-order chi connectivity index (χ1) is 15.5. The molecule has 11 heteroatoms. The van der Waals surface area contributed by atoms with Gasteiger partial charge in [-0.3, -0.25) is 14.4 Å². The lowest BCUT2D eigenvalue weighted by atomic mass is 10.0. The van der Waals surface area contributed by atoms with E-state index in [0.29, 0.717) is 4.47 Å². The van der Waals surface area contributed by atoms with Crippen LogP contribution < -0.4 is 21.5 Å². The normalized spacial score (nSPS) is 12.8. The van der Waals surface area contributed by atoms with Gasteiger partial charge in [0.15, 0.2) is 5.75 Å². The molecule has 9 nitrogen and oxygen atoms in total. The number of nitrogens with one attached hydrogen (secondary N) is 2. The van der Waals surface area contributed by atoms with Crippen LogP contribution in [0.4, 0.5) is 17.1 Å². The first-order valence-corrected chi connectivity index (χ1v) is 11.8. The molecule has 3 rings (SSSR count). The van der Waals surface area contributed by atoms with Gasteiger partial charge in [0.1, 0.15) is 16.3 Å². The first-order valence-electron chi connectivity index (χ1n) is 10.0. The second kappa shape index (κ2) is 9.52. The molecule has 0 radical (unpaired) electrons. The van der Waals surface area contributed by atoms with E-state index in [1.54, 1.807) is 0 Å². The fourth-order valence-electron chi connectivity index (χ4n) is 3.24. The van der Waals surface area contributed by atoms with Crippen molar-refractivity contribution >= 4 is 38.7 Å². The van der Waals surface area contributed by atoms with Gasteiger partial charge in [0.25, 0.3) is 20.9 Å². The lowest BCUT2D eigenvalue weighted by molar-refractivity contribution is -0.0259. The number of aryl methyl sites for hydroxylation is 1. The summed E-state index contributed by atoms with van der Waals surface area (Å²) in [7, 11) is -2.01. The number of nitrogens with zero attached hydrogens (tertiary/aromatic N) is 1. The fourth-order valence-corrected chi connectivity index (χ4v) is 4.81. The number of hydroxylamine groups is 1. The van der Waals surface area contributed by atoms with E-state index in [-0.39, 0.29) is 28.1 Å². The number of sulfonamides is 1. The van der Waals surface area contributed by atoms with E-state index >= 15 is 0 Å². The van der Waals surface area contributed by atoms with Crippen molar-refractivity contribution in [2.45, 2.75) is 31.2 Å². The number of phenolic OH excluding ortho intramolecular Hbond substituents is 1. The van der Waals surface area contributed by atoms with Crippen LogP contribution in [0.15, 0.2) is 50.9 Å². The SMILES string of the molecule is CCc1ccc([C@@H](C)Nc2c(Nc3ccc(Cl)c(S(=O)(=O)N(C)OC)c3O)c(=O)c2=O)cc1. The molecule has 0 amide bonds. The van der Waals surface area contributed by atoms with E-state index in [1.165, 1.54) is 17.7 Å². The minimum Gasteiger partial charge on any atom is -0.504 e. The van der Waals surface area contributed by atoms with Crippen molar-refractivity contribution in [1.82, 2.24) is 4.47 Å². The third kappa shape index (κ3) is 4.60. The first kappa shape index (κ1) is 24.7. The van der Waals surface area contributed by atoms with E-state index in [9.17, 15) is 23.1 Å². The summed E-state index contributed by atoms with van der Waals surface area (Å²) in [4.78, 5) is 28.6. The van der Waals surface area contributed by atoms with Crippen LogP contribution in [0.2, 0.25) is 5.02 Å². The van der Waals surface area contributed by atoms with Crippen molar-refractivity contribution in [3.05, 3.63) is 73.0 Å². The number of hydrogen-bond acceptors (Lipinski definition) is 8. The molecule has 0 aliphatic rings. The topological polar surface area (TPSA) is 125 Å². The van der Waals surface area contributed by atoms with E-state index in [1.807, 2.05) is 38.1 Å². The highest BCUT2D eigenvalue weighted by molar-refractivity contribution is 7.89. The van der Waals surface area contributed by atoms with Gasteiger partial charge in [-0.25, -0.2) is 8.42 Å². The standard InChI is InChI=1S/C22H24ClN3O6S/c1-5-13-6-8-14(9-7-13)12(2)24-17-18(21(29)20(17)28)25-16-11-10-15(23)22(19(16)27)33(30,31)26(3)32-4/h6-12,24-25,27H,5H2,1-4H3/t12-/m1/s1. The third-order valence-electron chi connectivity index (χ3n) is 5.36. The maximum Gasteiger partial charge on any atom is 0.269 e. The number of hydrogen-bond donors (Lipinski definition) is 3. The molecule has 0 saturated heterocycles. The summed E-state index contributed by atoms with van der Waals surface area (Å²) < 4.78 is 25.8. The Morgan fingerprint density at radius 3 is 2.27 bits per heavy atom. The van der Waals surface area contributed by atoms with Crippen molar-refractivity contribution in [3.8, 4) is 5.75 Å². The molecular weight excluding hydrogens is 470 g/mol. The van der Waals surface area contributed by atoms with Crippen LogP contribution in [-0.2, 0) is 21.3 Å². The third-order valence-corrected chi connectivity index (χ3v) is 7.54. The maximum atomic E-state index is 12.6. The lowest BCUT2D eigenvalue weighted by Crippen LogP contribution is -2.37. The van der Waals surface area contributed by atoms with Crippen molar-refractivity contribution in [2.24, 2.45) is 0 Å². The summed E-state index contributed by atoms with van der Waals surface area (Å²) >= 11 is 6.02. The summed E-state index contributed by atoms with van der Waals surface area (Å²) in [6.07, 6.45) is 0.900. The van der Waals surface area contributed by atoms with Crippen LogP contribution in [0.3, 0.4) is 0 Å². The van der Waals surface area contributed by atoms with Gasteiger partial charge >= 0.3 is 0 Å². The second-order valence-corrected chi connectivity index (χ2v) is 9.64. The number of halogens is 1. The van der Waals surface area contributed by atoms with E-state index < -0.39 is 31.5 Å². The van der Waals surface area contributed by atoms with Gasteiger partial charge in [0.2, 0.25) is 0 Å². The summed E-state index contributed by atoms with van der Waals surface area (Å²) in [5.41, 5.74) is 0.422. The molecule has 0 saturated carbocycles. The number of aromatic hydroxyl groups is 1. The Hall–Kier alpha value is -2.92. The molecule has 0 aliphatic heterocycles. The Morgan fingerprint density at radius 1 is 1.09 bits per heavy atom. The number of rotatable bonds is 9. The summed E-state index contributed by atoms with van der Waals surface area (Å²) in [5, 5.41) is 16.1. The predicted molar refractivity (Wildman–Crippen MR) is 128 cm³/mol. The van der Waals surface area contributed by atoms with Crippen molar-refractivity contribution in [2.75, 3.05) is 24.8 Å². The molecule has 176 valence electrons. The van der Waals surface area contributed by atoms with Crippen LogP contribution in [-0.4, -0.2) is 32.2 Å². The number of benzene rings is 2. The fraction of sp³-hybridized carbons (Fsp3) is 0.273. The van der Waals surface area contributed by atoms with Crippen LogP contribution in [0, 0.1) is 0 Å². The molecule has 0 aromatic heterocycles. The summed E-state index contributed by atoms with van der Waals surface area (Å²) in [6.45, 7) is 3.89. The molecule has 0 bridgehead atoms. The molecule has 0 spiro atoms. The van der Waals surface area contributed by atoms with Crippen LogP contribution >= 0.6 is 11.6 Å². The molecular formula is C22H24ClN3O6S. The molecule has 3 N–H and O–H groups in total. The average molecular weight is 494 g/mol. The predicted octanol–water partition coefficient (Wildman–Crippen LogP) is 3.30. The quantitative estimate of drug-likeness (QED) is 0.235. The van der Waals surface area contributed by atoms with Gasteiger partial charge in [0.05, 0.1) is 17.8 Å². The van der Waals surface area contributed by atoms with Crippen LogP contribution in [0.5, 0.6) is 5.75 Å². The molecule has 1 atom stereocenters. The van der Waals surface area contributed by atoms with Gasteiger partial charge in [0, 0.05) is 13.1 Å². The van der Waals surface area contributed by atoms with Gasteiger partial charge < -0.3 is 15.7 Å². The smallest absolute Gasteiger partial charge is 0.269 e. The molecule has 0 aliphatic carbocycles. The Bertz CT molecular complexity index is 1350. The molecule has 33 heavy (non-hydrogen) atoms. The maximum absolute atomic E-state index is 12.6. The molecule has 0 unspecified atom stereocenters. The highest BCUT2D eigenvalue weighted by Gasteiger charge is 2.30. The van der Waals surface area contributed by atoms with Gasteiger partial charge in [-0.05, 0) is 36.6 Å². The van der Waals surface area contributed by atoms with E-state index in [0.717, 1.165) is 26.1 Å². The van der Waals surface area contributed by atoms with Gasteiger partial charge in [-0.2, -0.15) is 0 Å². The van der Waals surface area contributed by atoms with E-state index in [2.05, 4.69) is 10.6 Å². The Morgan fingerprint density at radius 2 is 1.70 bits per heavy atom. The summed E-state index contributed by atoms with van der Waals surface area (Å²) in [5.74, 6) is -0.714. The Kier molecular flexibility index (Phi) is 7.13. The minimum absolute atomic E-state index is 0.0415. The largest absolute Gasteiger partial charge is 0.504 e. The van der Waals surface area contributed by atoms with Crippen molar-refractivity contribution in [1.29, 1.82) is 0 Å². The molecule has 0 fully saturated rings. The van der Waals surface area contributed by atoms with Crippen LogP contribution in [0.25, 0.3) is 0 Å². The van der Waals surface area contributed by atoms with E-state index in [4.69, 9.17) is 16.4 Å². The van der Waals surface area contributed by atoms with Gasteiger partial charge in [-0.1, -0.05) is 47.3 Å². The number of anilines is 3. The van der Waals surface area contributed by atoms with Gasteiger partial charge in [-0.15, -0.1) is 0 Å². The van der Waals surface area contributed by atoms with Crippen molar-refractivity contribution in [3.63, 3.8) is 0 Å². The highest BCUT2D eigenvalue weighted by atomic mass is 35.5. The number of phenols is 1. The molecule has 0 heterocycles. The van der Waals surface area contributed by atoms with Crippen LogP contribution in [0.1, 0.15) is 31.0 Å².